The average Bonchev–Trinajstić information content (AvgIpc) is 2.60. The molecule has 2 rings (SSSR count). The van der Waals surface area contributed by atoms with E-state index in [1.54, 1.807) is 4.57 Å². The highest BCUT2D eigenvalue weighted by atomic mass is 16.6. The third-order valence-corrected chi connectivity index (χ3v) is 2.47. The van der Waals surface area contributed by atoms with Gasteiger partial charge in [-0.1, -0.05) is 0 Å². The molecular weight excluding hydrogens is 230 g/mol. The van der Waals surface area contributed by atoms with E-state index in [4.69, 9.17) is 4.74 Å². The predicted molar refractivity (Wildman–Crippen MR) is 68.1 cm³/mol. The van der Waals surface area contributed by atoms with Gasteiger partial charge in [0.05, 0.1) is 5.69 Å². The van der Waals surface area contributed by atoms with Crippen molar-refractivity contribution in [1.82, 2.24) is 14.5 Å². The molecule has 5 nitrogen and oxygen atoms in total. The van der Waals surface area contributed by atoms with E-state index < -0.39 is 5.60 Å². The Hall–Kier alpha value is -1.91. The van der Waals surface area contributed by atoms with Crippen LogP contribution in [0, 0.1) is 6.92 Å². The van der Waals surface area contributed by atoms with Gasteiger partial charge < -0.3 is 9.30 Å². The Morgan fingerprint density at radius 1 is 1.39 bits per heavy atom. The summed E-state index contributed by atoms with van der Waals surface area (Å²) < 4.78 is 7.06. The Bertz CT molecular complexity index is 581. The molecule has 0 bridgehead atoms. The Morgan fingerprint density at radius 3 is 2.78 bits per heavy atom. The van der Waals surface area contributed by atoms with Crippen LogP contribution in [0.25, 0.3) is 11.0 Å². The van der Waals surface area contributed by atoms with Gasteiger partial charge in [0.25, 0.3) is 0 Å². The van der Waals surface area contributed by atoms with Gasteiger partial charge in [-0.3, -0.25) is 4.79 Å². The molecule has 0 spiro atoms. The molecule has 5 heteroatoms. The van der Waals surface area contributed by atoms with E-state index >= 15 is 0 Å². The third-order valence-electron chi connectivity index (χ3n) is 2.47. The number of rotatable bonds is 2. The van der Waals surface area contributed by atoms with Crippen molar-refractivity contribution >= 4 is 17.0 Å². The minimum Gasteiger partial charge on any atom is -0.459 e. The summed E-state index contributed by atoms with van der Waals surface area (Å²) in [5.74, 6) is -0.267. The summed E-state index contributed by atoms with van der Waals surface area (Å²) in [5, 5.41) is 0.959. The average molecular weight is 247 g/mol. The number of ether oxygens (including phenoxy) is 1. The zero-order chi connectivity index (χ0) is 13.3. The number of hydrogen-bond acceptors (Lipinski definition) is 4. The first-order valence-electron chi connectivity index (χ1n) is 5.85. The van der Waals surface area contributed by atoms with E-state index in [2.05, 4.69) is 9.97 Å². The monoisotopic (exact) mass is 247 g/mol. The molecule has 0 radical (unpaired) electrons. The molecular formula is C13H17N3O2. The number of carbonyl (C=O) groups excluding carboxylic acids is 1. The summed E-state index contributed by atoms with van der Waals surface area (Å²) in [5.41, 5.74) is 1.20. The zero-order valence-electron chi connectivity index (χ0n) is 11.1. The van der Waals surface area contributed by atoms with Gasteiger partial charge >= 0.3 is 5.97 Å². The quantitative estimate of drug-likeness (QED) is 0.762. The largest absolute Gasteiger partial charge is 0.459 e. The molecule has 0 unspecified atom stereocenters. The standard InChI is InChI=1S/C13H17N3O2/c1-9-10-5-6-16(12(10)15-8-14-9)7-11(17)18-13(2,3)4/h5-6,8H,7H2,1-4H3. The van der Waals surface area contributed by atoms with Crippen LogP contribution < -0.4 is 0 Å². The van der Waals surface area contributed by atoms with Gasteiger partial charge in [-0.25, -0.2) is 9.97 Å². The van der Waals surface area contributed by atoms with Gasteiger partial charge in [0.15, 0.2) is 0 Å². The minimum absolute atomic E-state index is 0.164. The Kier molecular flexibility index (Phi) is 3.07. The topological polar surface area (TPSA) is 57.0 Å². The number of fused-ring (bicyclic) bond motifs is 1. The summed E-state index contributed by atoms with van der Waals surface area (Å²) in [7, 11) is 0. The van der Waals surface area contributed by atoms with Crippen molar-refractivity contribution in [3.05, 3.63) is 24.3 Å². The van der Waals surface area contributed by atoms with E-state index in [0.29, 0.717) is 0 Å². The maximum atomic E-state index is 11.8. The van der Waals surface area contributed by atoms with Crippen LogP contribution in [0.4, 0.5) is 0 Å². The highest BCUT2D eigenvalue weighted by Gasteiger charge is 2.17. The first-order chi connectivity index (χ1) is 8.37. The molecule has 96 valence electrons. The molecule has 0 atom stereocenters. The predicted octanol–water partition coefficient (Wildman–Crippen LogP) is 2.08. The lowest BCUT2D eigenvalue weighted by molar-refractivity contribution is -0.155. The van der Waals surface area contributed by atoms with Crippen LogP contribution in [0.15, 0.2) is 18.6 Å². The van der Waals surface area contributed by atoms with Gasteiger partial charge in [0.1, 0.15) is 24.1 Å². The van der Waals surface area contributed by atoms with E-state index in [0.717, 1.165) is 16.7 Å². The Labute approximate surface area is 106 Å². The van der Waals surface area contributed by atoms with Gasteiger partial charge in [-0.05, 0) is 33.8 Å². The van der Waals surface area contributed by atoms with Gasteiger partial charge in [-0.2, -0.15) is 0 Å². The fourth-order valence-corrected chi connectivity index (χ4v) is 1.77. The lowest BCUT2D eigenvalue weighted by Crippen LogP contribution is -2.26. The van der Waals surface area contributed by atoms with Crippen LogP contribution in [-0.4, -0.2) is 26.1 Å². The molecule has 0 saturated heterocycles. The van der Waals surface area contributed by atoms with Crippen molar-refractivity contribution < 1.29 is 9.53 Å². The molecule has 0 fully saturated rings. The van der Waals surface area contributed by atoms with E-state index in [1.165, 1.54) is 6.33 Å². The molecule has 0 aliphatic rings. The number of aryl methyl sites for hydroxylation is 1. The first-order valence-corrected chi connectivity index (χ1v) is 5.85. The fraction of sp³-hybridized carbons (Fsp3) is 0.462. The zero-order valence-corrected chi connectivity index (χ0v) is 11.1. The molecule has 0 aromatic carbocycles. The van der Waals surface area contributed by atoms with Gasteiger partial charge in [0, 0.05) is 11.6 Å². The summed E-state index contributed by atoms with van der Waals surface area (Å²) in [6.07, 6.45) is 3.33. The second kappa shape index (κ2) is 4.40. The molecule has 0 N–H and O–H groups in total. The van der Waals surface area contributed by atoms with Crippen LogP contribution >= 0.6 is 0 Å². The van der Waals surface area contributed by atoms with Crippen molar-refractivity contribution in [2.24, 2.45) is 0 Å². The van der Waals surface area contributed by atoms with Crippen LogP contribution in [0.5, 0.6) is 0 Å². The lowest BCUT2D eigenvalue weighted by atomic mass is 10.2. The molecule has 0 saturated carbocycles. The van der Waals surface area contributed by atoms with Crippen LogP contribution in [0.1, 0.15) is 26.5 Å². The van der Waals surface area contributed by atoms with Crippen molar-refractivity contribution in [1.29, 1.82) is 0 Å². The fourth-order valence-electron chi connectivity index (χ4n) is 1.77. The van der Waals surface area contributed by atoms with Gasteiger partial charge in [-0.15, -0.1) is 0 Å². The number of aromatic nitrogens is 3. The summed E-state index contributed by atoms with van der Waals surface area (Å²) in [6.45, 7) is 7.64. The summed E-state index contributed by atoms with van der Waals surface area (Å²) in [4.78, 5) is 20.1. The highest BCUT2D eigenvalue weighted by Crippen LogP contribution is 2.16. The molecule has 18 heavy (non-hydrogen) atoms. The molecule has 2 aromatic heterocycles. The minimum atomic E-state index is -0.467. The smallest absolute Gasteiger partial charge is 0.326 e. The van der Waals surface area contributed by atoms with Crippen LogP contribution in [0.3, 0.4) is 0 Å². The summed E-state index contributed by atoms with van der Waals surface area (Å²) in [6, 6.07) is 1.91. The van der Waals surface area contributed by atoms with Gasteiger partial charge in [0.2, 0.25) is 0 Å². The number of hydrogen-bond donors (Lipinski definition) is 0. The maximum Gasteiger partial charge on any atom is 0.326 e. The molecule has 0 aliphatic heterocycles. The van der Waals surface area contributed by atoms with Crippen molar-refractivity contribution in [3.8, 4) is 0 Å². The maximum absolute atomic E-state index is 11.8. The molecule has 0 aliphatic carbocycles. The number of esters is 1. The molecule has 2 heterocycles. The second-order valence-corrected chi connectivity index (χ2v) is 5.23. The van der Waals surface area contributed by atoms with Crippen LogP contribution in [-0.2, 0) is 16.1 Å². The van der Waals surface area contributed by atoms with Crippen molar-refractivity contribution in [2.45, 2.75) is 39.8 Å². The van der Waals surface area contributed by atoms with Crippen LogP contribution in [0.2, 0.25) is 0 Å². The highest BCUT2D eigenvalue weighted by molar-refractivity contribution is 5.80. The lowest BCUT2D eigenvalue weighted by Gasteiger charge is -2.19. The van der Waals surface area contributed by atoms with Crippen molar-refractivity contribution in [3.63, 3.8) is 0 Å². The van der Waals surface area contributed by atoms with E-state index in [1.807, 2.05) is 40.0 Å². The van der Waals surface area contributed by atoms with E-state index in [-0.39, 0.29) is 12.5 Å². The Morgan fingerprint density at radius 2 is 2.11 bits per heavy atom. The third kappa shape index (κ3) is 2.67. The van der Waals surface area contributed by atoms with E-state index in [9.17, 15) is 4.79 Å². The normalized spacial score (nSPS) is 11.8. The molecule has 2 aromatic rings. The Balaban J connectivity index is 2.23. The van der Waals surface area contributed by atoms with Crippen molar-refractivity contribution in [2.75, 3.05) is 0 Å². The second-order valence-electron chi connectivity index (χ2n) is 5.23. The number of carbonyl (C=O) groups is 1. The molecule has 0 amide bonds. The SMILES string of the molecule is Cc1ncnc2c1ccn2CC(=O)OC(C)(C)C. The number of nitrogens with zero attached hydrogens (tertiary/aromatic N) is 3. The summed E-state index contributed by atoms with van der Waals surface area (Å²) >= 11 is 0. The first kappa shape index (κ1) is 12.5.